The van der Waals surface area contributed by atoms with Gasteiger partial charge >= 0.3 is 0 Å². The molecule has 10 heavy (non-hydrogen) atoms. The number of amidine groups is 1. The molecule has 0 aromatic carbocycles. The zero-order chi connectivity index (χ0) is 7.98. The molecular formula is C6H15N3O. The van der Waals surface area contributed by atoms with E-state index in [1.54, 1.807) is 7.05 Å². The van der Waals surface area contributed by atoms with Gasteiger partial charge in [-0.05, 0) is 13.8 Å². The third-order valence-electron chi connectivity index (χ3n) is 0.990. The largest absolute Gasteiger partial charge is 0.371 e. The summed E-state index contributed by atoms with van der Waals surface area (Å²) in [6.45, 7) is 4.37. The number of hydrogen-bond acceptors (Lipinski definition) is 3. The molecule has 0 aliphatic rings. The first-order chi connectivity index (χ1) is 4.70. The van der Waals surface area contributed by atoms with E-state index < -0.39 is 0 Å². The van der Waals surface area contributed by atoms with Gasteiger partial charge in [-0.1, -0.05) is 0 Å². The first-order valence-corrected chi connectivity index (χ1v) is 3.24. The van der Waals surface area contributed by atoms with E-state index in [0.29, 0.717) is 12.4 Å². The second kappa shape index (κ2) is 5.20. The van der Waals surface area contributed by atoms with Crippen LogP contribution in [0, 0.1) is 0 Å². The lowest BCUT2D eigenvalue weighted by molar-refractivity contribution is 0.109. The summed E-state index contributed by atoms with van der Waals surface area (Å²) in [6, 6.07) is 0. The first-order valence-electron chi connectivity index (χ1n) is 3.24. The molecule has 0 aromatic heterocycles. The van der Waals surface area contributed by atoms with E-state index in [0.717, 1.165) is 0 Å². The van der Waals surface area contributed by atoms with Gasteiger partial charge in [0.1, 0.15) is 12.4 Å². The van der Waals surface area contributed by atoms with E-state index >= 15 is 0 Å². The molecule has 4 nitrogen and oxygen atoms in total. The summed E-state index contributed by atoms with van der Waals surface area (Å²) in [5.74, 6) is 5.77. The minimum absolute atomic E-state index is 0.213. The lowest BCUT2D eigenvalue weighted by atomic mass is 10.5. The van der Waals surface area contributed by atoms with E-state index in [2.05, 4.69) is 10.4 Å². The number of nitrogens with zero attached hydrogens (tertiary/aromatic N) is 1. The van der Waals surface area contributed by atoms with Gasteiger partial charge in [-0.3, -0.25) is 4.99 Å². The summed E-state index contributed by atoms with van der Waals surface area (Å²) in [6.07, 6.45) is 0.213. The predicted molar refractivity (Wildman–Crippen MR) is 41.8 cm³/mol. The number of hydrogen-bond donors (Lipinski definition) is 2. The van der Waals surface area contributed by atoms with Crippen molar-refractivity contribution >= 4 is 5.84 Å². The van der Waals surface area contributed by atoms with E-state index in [1.807, 2.05) is 13.8 Å². The first kappa shape index (κ1) is 9.39. The minimum atomic E-state index is 0.213. The molecule has 0 rings (SSSR count). The van der Waals surface area contributed by atoms with Crippen LogP contribution < -0.4 is 11.3 Å². The fourth-order valence-electron chi connectivity index (χ4n) is 0.416. The van der Waals surface area contributed by atoms with Crippen molar-refractivity contribution in [3.63, 3.8) is 0 Å². The van der Waals surface area contributed by atoms with Gasteiger partial charge in [0.2, 0.25) is 0 Å². The van der Waals surface area contributed by atoms with Gasteiger partial charge in [-0.25, -0.2) is 5.84 Å². The Balaban J connectivity index is 3.46. The molecular weight excluding hydrogens is 130 g/mol. The molecule has 0 aliphatic heterocycles. The Morgan fingerprint density at radius 3 is 2.60 bits per heavy atom. The quantitative estimate of drug-likeness (QED) is 0.252. The smallest absolute Gasteiger partial charge is 0.136 e. The van der Waals surface area contributed by atoms with Gasteiger partial charge in [0.25, 0.3) is 0 Å². The Hall–Kier alpha value is -0.610. The summed E-state index contributed by atoms with van der Waals surface area (Å²) in [4.78, 5) is 3.83. The number of ether oxygens (including phenoxy) is 1. The van der Waals surface area contributed by atoms with E-state index in [1.165, 1.54) is 0 Å². The Morgan fingerprint density at radius 2 is 2.30 bits per heavy atom. The van der Waals surface area contributed by atoms with Crippen molar-refractivity contribution in [2.45, 2.75) is 20.0 Å². The fourth-order valence-corrected chi connectivity index (χ4v) is 0.416. The Labute approximate surface area is 61.4 Å². The number of nitrogens with one attached hydrogen (secondary N) is 1. The van der Waals surface area contributed by atoms with Crippen LogP contribution in [0.4, 0.5) is 0 Å². The van der Waals surface area contributed by atoms with Gasteiger partial charge < -0.3 is 10.2 Å². The second-order valence-electron chi connectivity index (χ2n) is 2.17. The number of rotatable bonds is 3. The third kappa shape index (κ3) is 4.29. The summed E-state index contributed by atoms with van der Waals surface area (Å²) in [7, 11) is 1.67. The minimum Gasteiger partial charge on any atom is -0.371 e. The van der Waals surface area contributed by atoms with Crippen LogP contribution in [-0.4, -0.2) is 25.6 Å². The molecule has 0 atom stereocenters. The highest BCUT2D eigenvalue weighted by Crippen LogP contribution is 1.86. The highest BCUT2D eigenvalue weighted by molar-refractivity contribution is 5.82. The van der Waals surface area contributed by atoms with Crippen LogP contribution in [0.5, 0.6) is 0 Å². The van der Waals surface area contributed by atoms with Crippen molar-refractivity contribution in [2.24, 2.45) is 10.8 Å². The van der Waals surface area contributed by atoms with Crippen LogP contribution >= 0.6 is 0 Å². The second-order valence-corrected chi connectivity index (χ2v) is 2.17. The molecule has 0 spiro atoms. The fraction of sp³-hybridized carbons (Fsp3) is 0.833. The van der Waals surface area contributed by atoms with Gasteiger partial charge in [-0.15, -0.1) is 0 Å². The molecule has 0 fully saturated rings. The summed E-state index contributed by atoms with van der Waals surface area (Å²) >= 11 is 0. The summed E-state index contributed by atoms with van der Waals surface area (Å²) in [5, 5.41) is 0. The van der Waals surface area contributed by atoms with E-state index in [-0.39, 0.29) is 6.10 Å². The van der Waals surface area contributed by atoms with Crippen molar-refractivity contribution in [1.29, 1.82) is 0 Å². The average molecular weight is 145 g/mol. The van der Waals surface area contributed by atoms with Crippen molar-refractivity contribution in [2.75, 3.05) is 13.7 Å². The Kier molecular flexibility index (Phi) is 4.88. The van der Waals surface area contributed by atoms with Crippen molar-refractivity contribution in [1.82, 2.24) is 5.43 Å². The van der Waals surface area contributed by atoms with Crippen molar-refractivity contribution < 1.29 is 4.74 Å². The highest BCUT2D eigenvalue weighted by atomic mass is 16.5. The molecule has 60 valence electrons. The third-order valence-corrected chi connectivity index (χ3v) is 0.990. The zero-order valence-corrected chi connectivity index (χ0v) is 6.72. The number of hydrazine groups is 1. The monoisotopic (exact) mass is 145 g/mol. The summed E-state index contributed by atoms with van der Waals surface area (Å²) < 4.78 is 5.21. The molecule has 0 bridgehead atoms. The van der Waals surface area contributed by atoms with Crippen LogP contribution in [-0.2, 0) is 4.74 Å². The summed E-state index contributed by atoms with van der Waals surface area (Å²) in [5.41, 5.74) is 2.43. The lowest BCUT2D eigenvalue weighted by Crippen LogP contribution is -2.34. The van der Waals surface area contributed by atoms with E-state index in [4.69, 9.17) is 10.6 Å². The van der Waals surface area contributed by atoms with Gasteiger partial charge in [-0.2, -0.15) is 0 Å². The predicted octanol–water partition coefficient (Wildman–Crippen LogP) is -0.0970. The maximum absolute atomic E-state index is 5.21. The lowest BCUT2D eigenvalue weighted by Gasteiger charge is -2.08. The molecule has 0 saturated carbocycles. The average Bonchev–Trinajstić information content (AvgIpc) is 1.90. The maximum atomic E-state index is 5.21. The topological polar surface area (TPSA) is 59.6 Å². The molecule has 3 N–H and O–H groups in total. The molecule has 0 unspecified atom stereocenters. The van der Waals surface area contributed by atoms with Crippen LogP contribution in [0.25, 0.3) is 0 Å². The van der Waals surface area contributed by atoms with Crippen LogP contribution in [0.1, 0.15) is 13.8 Å². The molecule has 0 radical (unpaired) electrons. The Morgan fingerprint density at radius 1 is 1.70 bits per heavy atom. The van der Waals surface area contributed by atoms with Crippen LogP contribution in [0.15, 0.2) is 4.99 Å². The normalized spacial score (nSPS) is 12.3. The van der Waals surface area contributed by atoms with E-state index in [9.17, 15) is 0 Å². The Bertz CT molecular complexity index is 112. The SMILES string of the molecule is CN=C(COC(C)C)NN. The maximum Gasteiger partial charge on any atom is 0.136 e. The van der Waals surface area contributed by atoms with Crippen molar-refractivity contribution in [3.8, 4) is 0 Å². The molecule has 0 aliphatic carbocycles. The van der Waals surface area contributed by atoms with Gasteiger partial charge in [0, 0.05) is 7.05 Å². The highest BCUT2D eigenvalue weighted by Gasteiger charge is 1.96. The number of aliphatic imine (C=N–C) groups is 1. The molecule has 0 aromatic rings. The zero-order valence-electron chi connectivity index (χ0n) is 6.72. The van der Waals surface area contributed by atoms with Crippen LogP contribution in [0.2, 0.25) is 0 Å². The molecule has 0 heterocycles. The molecule has 4 heteroatoms. The van der Waals surface area contributed by atoms with Crippen molar-refractivity contribution in [3.05, 3.63) is 0 Å². The standard InChI is InChI=1S/C6H15N3O/c1-5(2)10-4-6(8-3)9-7/h5H,4,7H2,1-3H3,(H,8,9). The van der Waals surface area contributed by atoms with Gasteiger partial charge in [0.05, 0.1) is 6.10 Å². The number of nitrogens with two attached hydrogens (primary N) is 1. The van der Waals surface area contributed by atoms with Gasteiger partial charge in [0.15, 0.2) is 0 Å². The molecule has 0 amide bonds. The molecule has 0 saturated heterocycles. The van der Waals surface area contributed by atoms with Crippen LogP contribution in [0.3, 0.4) is 0 Å².